The molecule has 0 bridgehead atoms. The van der Waals surface area contributed by atoms with E-state index in [2.05, 4.69) is 20.3 Å². The largest absolute Gasteiger partial charge is 0.398 e. The molecule has 1 fully saturated rings. The Labute approximate surface area is 152 Å². The van der Waals surface area contributed by atoms with E-state index in [1.165, 1.54) is 17.5 Å². The van der Waals surface area contributed by atoms with Crippen molar-refractivity contribution >= 4 is 22.9 Å². The van der Waals surface area contributed by atoms with Crippen molar-refractivity contribution in [2.24, 2.45) is 5.73 Å². The molecule has 0 aromatic carbocycles. The maximum absolute atomic E-state index is 12.3. The molecule has 138 valence electrons. The molecule has 1 saturated heterocycles. The summed E-state index contributed by atoms with van der Waals surface area (Å²) in [5.41, 5.74) is 8.48. The van der Waals surface area contributed by atoms with Gasteiger partial charge in [-0.15, -0.1) is 0 Å². The Kier molecular flexibility index (Phi) is 5.83. The number of hydrogen-bond donors (Lipinski definition) is 3. The Morgan fingerprint density at radius 1 is 1.31 bits per heavy atom. The highest BCUT2D eigenvalue weighted by molar-refractivity contribution is 6.00. The molecule has 2 aromatic heterocycles. The van der Waals surface area contributed by atoms with Gasteiger partial charge in [-0.1, -0.05) is 0 Å². The van der Waals surface area contributed by atoms with Crippen LogP contribution in [0.3, 0.4) is 0 Å². The maximum Gasteiger partial charge on any atom is 0.128 e. The number of hydrogen-bond acceptors (Lipinski definition) is 6. The number of nitrogens with one attached hydrogen (secondary N) is 2. The zero-order chi connectivity index (χ0) is 18.4. The number of rotatable bonds is 8. The Balaban J connectivity index is 1.54. The van der Waals surface area contributed by atoms with E-state index in [4.69, 9.17) is 11.1 Å². The molecule has 7 nitrogen and oxygen atoms in total. The molecule has 0 amide bonds. The van der Waals surface area contributed by atoms with Crippen molar-refractivity contribution < 1.29 is 4.39 Å². The molecular weight excluding hydrogens is 333 g/mol. The van der Waals surface area contributed by atoms with Crippen LogP contribution in [0.4, 0.5) is 15.9 Å². The number of nitrogens with two attached hydrogens (primary N) is 1. The fourth-order valence-corrected chi connectivity index (χ4v) is 2.87. The summed E-state index contributed by atoms with van der Waals surface area (Å²) in [6.45, 7) is 2.18. The summed E-state index contributed by atoms with van der Waals surface area (Å²) in [6, 6.07) is 3.91. The van der Waals surface area contributed by atoms with Crippen LogP contribution in [-0.2, 0) is 6.54 Å². The van der Waals surface area contributed by atoms with Crippen molar-refractivity contribution in [1.82, 2.24) is 14.8 Å². The van der Waals surface area contributed by atoms with E-state index < -0.39 is 6.67 Å². The van der Waals surface area contributed by atoms with Crippen molar-refractivity contribution in [3.63, 3.8) is 0 Å². The molecule has 0 radical (unpaired) electrons. The van der Waals surface area contributed by atoms with Crippen LogP contribution in [0.5, 0.6) is 0 Å². The number of alkyl halides is 1. The first kappa shape index (κ1) is 17.9. The van der Waals surface area contributed by atoms with Gasteiger partial charge < -0.3 is 21.4 Å². The SMILES string of the molecule is N=C(/C=C(\N)c1ccc(N2CCCC2)nc1)CNc1cnn(CCF)c1. The molecule has 26 heavy (non-hydrogen) atoms. The van der Waals surface area contributed by atoms with Crippen LogP contribution < -0.4 is 16.0 Å². The molecule has 0 saturated carbocycles. The minimum atomic E-state index is -0.458. The minimum Gasteiger partial charge on any atom is -0.398 e. The lowest BCUT2D eigenvalue weighted by Crippen LogP contribution is -2.18. The van der Waals surface area contributed by atoms with Gasteiger partial charge in [-0.05, 0) is 31.1 Å². The van der Waals surface area contributed by atoms with Crippen molar-refractivity contribution in [3.8, 4) is 0 Å². The van der Waals surface area contributed by atoms with Crippen molar-refractivity contribution in [1.29, 1.82) is 5.41 Å². The maximum atomic E-state index is 12.3. The summed E-state index contributed by atoms with van der Waals surface area (Å²) in [7, 11) is 0. The molecule has 0 unspecified atom stereocenters. The molecule has 4 N–H and O–H groups in total. The van der Waals surface area contributed by atoms with E-state index in [1.54, 1.807) is 24.7 Å². The number of nitrogens with zero attached hydrogens (tertiary/aromatic N) is 4. The summed E-state index contributed by atoms with van der Waals surface area (Å²) >= 11 is 0. The zero-order valence-electron chi connectivity index (χ0n) is 14.7. The van der Waals surface area contributed by atoms with Crippen molar-refractivity contribution in [2.45, 2.75) is 19.4 Å². The van der Waals surface area contributed by atoms with E-state index in [0.717, 1.165) is 30.2 Å². The summed E-state index contributed by atoms with van der Waals surface area (Å²) < 4.78 is 13.8. The third kappa shape index (κ3) is 4.59. The normalized spacial score (nSPS) is 14.7. The van der Waals surface area contributed by atoms with Gasteiger partial charge in [0.25, 0.3) is 0 Å². The van der Waals surface area contributed by atoms with Gasteiger partial charge >= 0.3 is 0 Å². The minimum absolute atomic E-state index is 0.229. The monoisotopic (exact) mass is 357 g/mol. The fraction of sp³-hybridized carbons (Fsp3) is 0.389. The lowest BCUT2D eigenvalue weighted by atomic mass is 10.1. The predicted molar refractivity (Wildman–Crippen MR) is 102 cm³/mol. The Morgan fingerprint density at radius 2 is 2.12 bits per heavy atom. The highest BCUT2D eigenvalue weighted by atomic mass is 19.1. The Morgan fingerprint density at radius 3 is 2.81 bits per heavy atom. The smallest absolute Gasteiger partial charge is 0.128 e. The average Bonchev–Trinajstić information content (AvgIpc) is 3.32. The van der Waals surface area contributed by atoms with Crippen LogP contribution in [-0.4, -0.2) is 46.8 Å². The topological polar surface area (TPSA) is 95.8 Å². The van der Waals surface area contributed by atoms with Crippen molar-refractivity contribution in [3.05, 3.63) is 42.4 Å². The van der Waals surface area contributed by atoms with Gasteiger partial charge in [-0.25, -0.2) is 9.37 Å². The first-order chi connectivity index (χ1) is 12.7. The van der Waals surface area contributed by atoms with Gasteiger partial charge in [0, 0.05) is 36.7 Å². The highest BCUT2D eigenvalue weighted by Crippen LogP contribution is 2.19. The summed E-state index contributed by atoms with van der Waals surface area (Å²) in [6.07, 6.45) is 9.11. The second-order valence-electron chi connectivity index (χ2n) is 6.26. The second kappa shape index (κ2) is 8.46. The molecule has 3 rings (SSSR count). The molecule has 3 heterocycles. The van der Waals surface area contributed by atoms with E-state index in [-0.39, 0.29) is 6.54 Å². The summed E-state index contributed by atoms with van der Waals surface area (Å²) in [5, 5.41) is 15.1. The van der Waals surface area contributed by atoms with Gasteiger partial charge in [-0.3, -0.25) is 4.68 Å². The fourth-order valence-electron chi connectivity index (χ4n) is 2.87. The summed E-state index contributed by atoms with van der Waals surface area (Å²) in [5.74, 6) is 0.973. The van der Waals surface area contributed by atoms with Gasteiger partial charge in [0.1, 0.15) is 12.5 Å². The number of halogens is 1. The van der Waals surface area contributed by atoms with Gasteiger partial charge in [0.05, 0.1) is 30.7 Å². The van der Waals surface area contributed by atoms with Gasteiger partial charge in [0.2, 0.25) is 0 Å². The van der Waals surface area contributed by atoms with E-state index in [0.29, 0.717) is 18.0 Å². The van der Waals surface area contributed by atoms with Crippen LogP contribution >= 0.6 is 0 Å². The van der Waals surface area contributed by atoms with Crippen LogP contribution in [0.15, 0.2) is 36.8 Å². The van der Waals surface area contributed by atoms with Crippen LogP contribution in [0.1, 0.15) is 18.4 Å². The molecule has 0 spiro atoms. The number of aromatic nitrogens is 3. The molecule has 0 atom stereocenters. The second-order valence-corrected chi connectivity index (χ2v) is 6.26. The third-order valence-corrected chi connectivity index (χ3v) is 4.27. The lowest BCUT2D eigenvalue weighted by Gasteiger charge is -2.16. The summed E-state index contributed by atoms with van der Waals surface area (Å²) in [4.78, 5) is 6.74. The molecule has 1 aliphatic heterocycles. The Hall–Kier alpha value is -2.90. The number of anilines is 2. The predicted octanol–water partition coefficient (Wildman–Crippen LogP) is 2.28. The molecule has 0 aliphatic carbocycles. The van der Waals surface area contributed by atoms with Gasteiger partial charge in [-0.2, -0.15) is 5.10 Å². The van der Waals surface area contributed by atoms with Crippen molar-refractivity contribution in [2.75, 3.05) is 36.5 Å². The number of pyridine rings is 1. The standard InChI is InChI=1S/C18H24FN7/c19-5-8-26-13-16(12-24-26)22-11-15(20)9-17(21)14-3-4-18(23-10-14)25-6-1-2-7-25/h3-4,9-10,12-13,20,22H,1-2,5-8,11,21H2/b17-9-,20-15?. The molecular formula is C18H24FN7. The van der Waals surface area contributed by atoms with Crippen LogP contribution in [0, 0.1) is 5.41 Å². The van der Waals surface area contributed by atoms with Crippen LogP contribution in [0.2, 0.25) is 0 Å². The zero-order valence-corrected chi connectivity index (χ0v) is 14.7. The number of aryl methyl sites for hydroxylation is 1. The van der Waals surface area contributed by atoms with Gasteiger partial charge in [0.15, 0.2) is 0 Å². The van der Waals surface area contributed by atoms with E-state index in [1.807, 2.05) is 12.1 Å². The lowest BCUT2D eigenvalue weighted by molar-refractivity contribution is 0.427. The molecule has 8 heteroatoms. The van der Waals surface area contributed by atoms with Crippen LogP contribution in [0.25, 0.3) is 5.70 Å². The first-order valence-electron chi connectivity index (χ1n) is 8.74. The first-order valence-corrected chi connectivity index (χ1v) is 8.74. The Bertz CT molecular complexity index is 760. The third-order valence-electron chi connectivity index (χ3n) is 4.27. The average molecular weight is 357 g/mol. The molecule has 1 aliphatic rings. The van der Waals surface area contributed by atoms with E-state index in [9.17, 15) is 4.39 Å². The highest BCUT2D eigenvalue weighted by Gasteiger charge is 2.13. The quantitative estimate of drug-likeness (QED) is 0.630. The van der Waals surface area contributed by atoms with E-state index >= 15 is 0 Å². The molecule has 2 aromatic rings.